The first-order valence-electron chi connectivity index (χ1n) is 5.13. The summed E-state index contributed by atoms with van der Waals surface area (Å²) in [6.45, 7) is 3.85. The lowest BCUT2D eigenvalue weighted by Gasteiger charge is -2.00. The van der Waals surface area contributed by atoms with Gasteiger partial charge >= 0.3 is 0 Å². The van der Waals surface area contributed by atoms with Crippen molar-refractivity contribution in [2.24, 2.45) is 0 Å². The second-order valence-corrected chi connectivity index (χ2v) is 3.21. The summed E-state index contributed by atoms with van der Waals surface area (Å²) in [4.78, 5) is 4.17. The van der Waals surface area contributed by atoms with Crippen LogP contribution in [0.1, 0.15) is 6.92 Å². The third-order valence-electron chi connectivity index (χ3n) is 2.03. The van der Waals surface area contributed by atoms with Gasteiger partial charge in [-0.25, -0.2) is 8.91 Å². The molecule has 0 aliphatic carbocycles. The summed E-state index contributed by atoms with van der Waals surface area (Å²) < 4.78 is 19.4. The van der Waals surface area contributed by atoms with E-state index in [1.54, 1.807) is 6.07 Å². The van der Waals surface area contributed by atoms with E-state index in [1.807, 2.05) is 6.92 Å². The first-order valence-corrected chi connectivity index (χ1v) is 5.13. The van der Waals surface area contributed by atoms with Crippen LogP contribution in [0.2, 0.25) is 0 Å². The molecule has 2 aromatic heterocycles. The predicted molar refractivity (Wildman–Crippen MR) is 57.9 cm³/mol. The van der Waals surface area contributed by atoms with E-state index in [0.29, 0.717) is 31.4 Å². The fourth-order valence-corrected chi connectivity index (χ4v) is 1.31. The Hall–Kier alpha value is -1.69. The molecule has 0 unspecified atom stereocenters. The number of nitrogens with one attached hydrogen (secondary N) is 1. The highest BCUT2D eigenvalue weighted by atomic mass is 19.1. The van der Waals surface area contributed by atoms with E-state index in [1.165, 1.54) is 16.8 Å². The maximum absolute atomic E-state index is 12.9. The Labute approximate surface area is 92.2 Å². The molecule has 16 heavy (non-hydrogen) atoms. The maximum atomic E-state index is 12.9. The number of aromatic nitrogens is 3. The number of rotatable bonds is 5. The molecule has 2 rings (SSSR count). The quantitative estimate of drug-likeness (QED) is 0.778. The molecular formula is C10H13FN4O. The van der Waals surface area contributed by atoms with Crippen LogP contribution < -0.4 is 5.32 Å². The van der Waals surface area contributed by atoms with Crippen molar-refractivity contribution in [2.45, 2.75) is 6.92 Å². The fourth-order valence-electron chi connectivity index (χ4n) is 1.31. The zero-order valence-corrected chi connectivity index (χ0v) is 8.98. The SMILES string of the molecule is CCOCCNc1nc2ccc(F)cn2n1. The van der Waals surface area contributed by atoms with Gasteiger partial charge < -0.3 is 10.1 Å². The van der Waals surface area contributed by atoms with E-state index in [4.69, 9.17) is 4.74 Å². The number of halogens is 1. The monoisotopic (exact) mass is 224 g/mol. The third-order valence-corrected chi connectivity index (χ3v) is 2.03. The first kappa shape index (κ1) is 10.8. The van der Waals surface area contributed by atoms with Crippen molar-refractivity contribution >= 4 is 11.6 Å². The predicted octanol–water partition coefficient (Wildman–Crippen LogP) is 1.32. The zero-order valence-electron chi connectivity index (χ0n) is 8.98. The van der Waals surface area contributed by atoms with Crippen LogP contribution in [-0.2, 0) is 4.74 Å². The van der Waals surface area contributed by atoms with Gasteiger partial charge in [0.1, 0.15) is 5.82 Å². The molecule has 0 spiro atoms. The third kappa shape index (κ3) is 2.46. The van der Waals surface area contributed by atoms with Crippen LogP contribution >= 0.6 is 0 Å². The van der Waals surface area contributed by atoms with Crippen LogP contribution in [-0.4, -0.2) is 34.4 Å². The molecule has 0 saturated carbocycles. The first-order chi connectivity index (χ1) is 7.79. The van der Waals surface area contributed by atoms with Crippen molar-refractivity contribution < 1.29 is 9.13 Å². The Kier molecular flexibility index (Phi) is 3.31. The van der Waals surface area contributed by atoms with E-state index >= 15 is 0 Å². The van der Waals surface area contributed by atoms with Crippen molar-refractivity contribution in [3.8, 4) is 0 Å². The number of fused-ring (bicyclic) bond motifs is 1. The number of hydrogen-bond donors (Lipinski definition) is 1. The molecule has 86 valence electrons. The number of anilines is 1. The lowest BCUT2D eigenvalue weighted by atomic mass is 10.5. The van der Waals surface area contributed by atoms with Gasteiger partial charge in [0.05, 0.1) is 12.8 Å². The van der Waals surface area contributed by atoms with Gasteiger partial charge in [0.15, 0.2) is 5.65 Å². The van der Waals surface area contributed by atoms with Crippen LogP contribution in [0.4, 0.5) is 10.3 Å². The molecule has 0 amide bonds. The number of ether oxygens (including phenoxy) is 1. The van der Waals surface area contributed by atoms with Crippen LogP contribution in [0, 0.1) is 5.82 Å². The molecule has 0 saturated heterocycles. The smallest absolute Gasteiger partial charge is 0.243 e. The summed E-state index contributed by atoms with van der Waals surface area (Å²) in [6.07, 6.45) is 1.29. The molecule has 0 atom stereocenters. The molecule has 5 nitrogen and oxygen atoms in total. The molecule has 2 aromatic rings. The van der Waals surface area contributed by atoms with Crippen LogP contribution in [0.3, 0.4) is 0 Å². The summed E-state index contributed by atoms with van der Waals surface area (Å²) in [5, 5.41) is 7.07. The minimum atomic E-state index is -0.335. The molecule has 0 aliphatic rings. The van der Waals surface area contributed by atoms with Crippen molar-refractivity contribution in [1.82, 2.24) is 14.6 Å². The fraction of sp³-hybridized carbons (Fsp3) is 0.400. The number of nitrogens with zero attached hydrogens (tertiary/aromatic N) is 3. The maximum Gasteiger partial charge on any atom is 0.243 e. The molecule has 6 heteroatoms. The van der Waals surface area contributed by atoms with E-state index in [9.17, 15) is 4.39 Å². The highest BCUT2D eigenvalue weighted by Crippen LogP contribution is 2.06. The largest absolute Gasteiger partial charge is 0.380 e. The average molecular weight is 224 g/mol. The Bertz CT molecular complexity index is 471. The minimum absolute atomic E-state index is 0.335. The summed E-state index contributed by atoms with van der Waals surface area (Å²) in [5.41, 5.74) is 0.611. The van der Waals surface area contributed by atoms with E-state index in [2.05, 4.69) is 15.4 Å². The summed E-state index contributed by atoms with van der Waals surface area (Å²) in [6, 6.07) is 2.93. The van der Waals surface area contributed by atoms with Crippen molar-refractivity contribution in [3.63, 3.8) is 0 Å². The van der Waals surface area contributed by atoms with Gasteiger partial charge in [-0.05, 0) is 19.1 Å². The van der Waals surface area contributed by atoms with E-state index in [-0.39, 0.29) is 5.82 Å². The molecule has 0 aromatic carbocycles. The number of pyridine rings is 1. The summed E-state index contributed by atoms with van der Waals surface area (Å²) in [7, 11) is 0. The van der Waals surface area contributed by atoms with Crippen molar-refractivity contribution in [2.75, 3.05) is 25.1 Å². The van der Waals surface area contributed by atoms with Gasteiger partial charge in [-0.2, -0.15) is 4.98 Å². The Morgan fingerprint density at radius 3 is 3.19 bits per heavy atom. The van der Waals surface area contributed by atoms with Crippen molar-refractivity contribution in [3.05, 3.63) is 24.1 Å². The van der Waals surface area contributed by atoms with E-state index in [0.717, 1.165) is 0 Å². The molecular weight excluding hydrogens is 211 g/mol. The molecule has 1 N–H and O–H groups in total. The Morgan fingerprint density at radius 1 is 1.50 bits per heavy atom. The normalized spacial score (nSPS) is 10.9. The van der Waals surface area contributed by atoms with Crippen LogP contribution in [0.15, 0.2) is 18.3 Å². The van der Waals surface area contributed by atoms with Crippen molar-refractivity contribution in [1.29, 1.82) is 0 Å². The second-order valence-electron chi connectivity index (χ2n) is 3.21. The Balaban J connectivity index is 2.02. The standard InChI is InChI=1S/C10H13FN4O/c1-2-16-6-5-12-10-13-9-4-3-8(11)7-15(9)14-10/h3-4,7H,2,5-6H2,1H3,(H,12,14). The topological polar surface area (TPSA) is 51.5 Å². The van der Waals surface area contributed by atoms with Gasteiger partial charge in [-0.3, -0.25) is 0 Å². The molecule has 2 heterocycles. The molecule has 0 aliphatic heterocycles. The molecule has 0 fully saturated rings. The lowest BCUT2D eigenvalue weighted by molar-refractivity contribution is 0.158. The van der Waals surface area contributed by atoms with Gasteiger partial charge in [0, 0.05) is 13.2 Å². The van der Waals surface area contributed by atoms with Gasteiger partial charge in [0.2, 0.25) is 5.95 Å². The Morgan fingerprint density at radius 2 is 2.38 bits per heavy atom. The molecule has 0 radical (unpaired) electrons. The summed E-state index contributed by atoms with van der Waals surface area (Å²) in [5.74, 6) is 0.142. The van der Waals surface area contributed by atoms with Gasteiger partial charge in [-0.1, -0.05) is 0 Å². The summed E-state index contributed by atoms with van der Waals surface area (Å²) >= 11 is 0. The molecule has 0 bridgehead atoms. The highest BCUT2D eigenvalue weighted by molar-refractivity contribution is 5.42. The number of hydrogen-bond acceptors (Lipinski definition) is 4. The minimum Gasteiger partial charge on any atom is -0.380 e. The highest BCUT2D eigenvalue weighted by Gasteiger charge is 2.02. The van der Waals surface area contributed by atoms with Crippen LogP contribution in [0.5, 0.6) is 0 Å². The second kappa shape index (κ2) is 4.89. The zero-order chi connectivity index (χ0) is 11.4. The lowest BCUT2D eigenvalue weighted by Crippen LogP contribution is -2.10. The van der Waals surface area contributed by atoms with Gasteiger partial charge in [0.25, 0.3) is 0 Å². The van der Waals surface area contributed by atoms with E-state index < -0.39 is 0 Å². The average Bonchev–Trinajstić information content (AvgIpc) is 2.66. The van der Waals surface area contributed by atoms with Crippen LogP contribution in [0.25, 0.3) is 5.65 Å². The van der Waals surface area contributed by atoms with Gasteiger partial charge in [-0.15, -0.1) is 5.10 Å².